The molecule has 2 rings (SSSR count). The van der Waals surface area contributed by atoms with E-state index in [-0.39, 0.29) is 11.3 Å². The van der Waals surface area contributed by atoms with E-state index < -0.39 is 0 Å². The van der Waals surface area contributed by atoms with Gasteiger partial charge in [-0.15, -0.1) is 0 Å². The van der Waals surface area contributed by atoms with E-state index in [4.69, 9.17) is 4.42 Å². The lowest BCUT2D eigenvalue weighted by Crippen LogP contribution is -2.42. The lowest BCUT2D eigenvalue weighted by Gasteiger charge is -2.24. The highest BCUT2D eigenvalue weighted by Gasteiger charge is 2.14. The van der Waals surface area contributed by atoms with Gasteiger partial charge in [0.2, 0.25) is 0 Å². The van der Waals surface area contributed by atoms with Gasteiger partial charge in [-0.2, -0.15) is 0 Å². The molecule has 2 N–H and O–H groups in total. The summed E-state index contributed by atoms with van der Waals surface area (Å²) in [7, 11) is 3.63. The number of oxazole rings is 1. The molecule has 0 aliphatic heterocycles. The van der Waals surface area contributed by atoms with Crippen LogP contribution < -0.4 is 16.4 Å². The molecule has 1 heterocycles. The van der Waals surface area contributed by atoms with Gasteiger partial charge in [0, 0.05) is 30.9 Å². The molecule has 0 amide bonds. The molecule has 0 radical (unpaired) electrons. The van der Waals surface area contributed by atoms with Gasteiger partial charge in [-0.3, -0.25) is 4.57 Å². The van der Waals surface area contributed by atoms with Gasteiger partial charge in [-0.1, -0.05) is 0 Å². The topological polar surface area (TPSA) is 59.2 Å². The van der Waals surface area contributed by atoms with Crippen molar-refractivity contribution in [1.29, 1.82) is 0 Å². The van der Waals surface area contributed by atoms with Crippen molar-refractivity contribution >= 4 is 16.8 Å². The van der Waals surface area contributed by atoms with Crippen molar-refractivity contribution in [2.24, 2.45) is 7.05 Å². The molecule has 5 heteroatoms. The summed E-state index contributed by atoms with van der Waals surface area (Å²) in [6.07, 6.45) is 0. The zero-order valence-electron chi connectivity index (χ0n) is 11.2. The predicted octanol–water partition coefficient (Wildman–Crippen LogP) is 1.54. The van der Waals surface area contributed by atoms with Gasteiger partial charge >= 0.3 is 5.76 Å². The third-order valence-corrected chi connectivity index (χ3v) is 3.20. The van der Waals surface area contributed by atoms with Crippen molar-refractivity contribution in [2.75, 3.05) is 18.9 Å². The molecule has 0 saturated heterocycles. The third-order valence-electron chi connectivity index (χ3n) is 3.20. The van der Waals surface area contributed by atoms with Crippen LogP contribution >= 0.6 is 0 Å². The maximum Gasteiger partial charge on any atom is 0.419 e. The van der Waals surface area contributed by atoms with Crippen LogP contribution in [0.1, 0.15) is 13.8 Å². The molecule has 0 fully saturated rings. The first kappa shape index (κ1) is 12.7. The fraction of sp³-hybridized carbons (Fsp3) is 0.462. The van der Waals surface area contributed by atoms with Crippen LogP contribution in [0.3, 0.4) is 0 Å². The number of benzene rings is 1. The summed E-state index contributed by atoms with van der Waals surface area (Å²) in [6.45, 7) is 5.01. The summed E-state index contributed by atoms with van der Waals surface area (Å²) in [5.41, 5.74) is 2.36. The number of rotatable bonds is 4. The minimum atomic E-state index is -0.335. The van der Waals surface area contributed by atoms with E-state index in [1.165, 1.54) is 4.57 Å². The van der Waals surface area contributed by atoms with Gasteiger partial charge in [-0.25, -0.2) is 4.79 Å². The van der Waals surface area contributed by atoms with Crippen molar-refractivity contribution in [1.82, 2.24) is 9.88 Å². The number of likely N-dealkylation sites (N-methyl/N-ethyl adjacent to an activating group) is 1. The molecule has 0 aliphatic rings. The summed E-state index contributed by atoms with van der Waals surface area (Å²) in [4.78, 5) is 11.4. The highest BCUT2D eigenvalue weighted by molar-refractivity contribution is 5.77. The van der Waals surface area contributed by atoms with Crippen LogP contribution in [0, 0.1) is 0 Å². The van der Waals surface area contributed by atoms with E-state index in [1.54, 1.807) is 7.05 Å². The Labute approximate surface area is 106 Å². The Bertz CT molecular complexity index is 610. The van der Waals surface area contributed by atoms with Gasteiger partial charge < -0.3 is 15.1 Å². The summed E-state index contributed by atoms with van der Waals surface area (Å²) in [5, 5.41) is 6.54. The molecule has 2 aromatic rings. The molecule has 0 atom stereocenters. The normalized spacial score (nSPS) is 12.0. The fourth-order valence-corrected chi connectivity index (χ4v) is 1.66. The standard InChI is InChI=1S/C13H19N3O2/c1-13(2,14-3)8-15-9-5-6-10-11(7-9)18-12(17)16(10)4/h5-7,14-15H,8H2,1-4H3. The highest BCUT2D eigenvalue weighted by Crippen LogP contribution is 2.18. The summed E-state index contributed by atoms with van der Waals surface area (Å²) in [5.74, 6) is -0.335. The summed E-state index contributed by atoms with van der Waals surface area (Å²) < 4.78 is 6.65. The molecule has 98 valence electrons. The monoisotopic (exact) mass is 249 g/mol. The van der Waals surface area contributed by atoms with Crippen LogP contribution in [-0.2, 0) is 7.05 Å². The number of hydrogen-bond donors (Lipinski definition) is 2. The molecular weight excluding hydrogens is 230 g/mol. The van der Waals surface area contributed by atoms with Crippen LogP contribution in [0.15, 0.2) is 27.4 Å². The molecular formula is C13H19N3O2. The molecule has 1 aromatic carbocycles. The Hall–Kier alpha value is -1.75. The maximum absolute atomic E-state index is 11.4. The van der Waals surface area contributed by atoms with Crippen LogP contribution in [0.5, 0.6) is 0 Å². The molecule has 0 spiro atoms. The number of nitrogens with zero attached hydrogens (tertiary/aromatic N) is 1. The van der Waals surface area contributed by atoms with Crippen molar-refractivity contribution < 1.29 is 4.42 Å². The average molecular weight is 249 g/mol. The van der Waals surface area contributed by atoms with Crippen molar-refractivity contribution in [3.63, 3.8) is 0 Å². The maximum atomic E-state index is 11.4. The van der Waals surface area contributed by atoms with E-state index in [9.17, 15) is 4.79 Å². The average Bonchev–Trinajstić information content (AvgIpc) is 2.62. The molecule has 0 saturated carbocycles. The molecule has 1 aromatic heterocycles. The highest BCUT2D eigenvalue weighted by atomic mass is 16.4. The lowest BCUT2D eigenvalue weighted by molar-refractivity contribution is 0.448. The second kappa shape index (κ2) is 4.49. The number of hydrogen-bond acceptors (Lipinski definition) is 4. The second-order valence-corrected chi connectivity index (χ2v) is 5.10. The van der Waals surface area contributed by atoms with Crippen LogP contribution in [-0.4, -0.2) is 23.7 Å². The Morgan fingerprint density at radius 1 is 1.39 bits per heavy atom. The van der Waals surface area contributed by atoms with E-state index in [0.29, 0.717) is 5.58 Å². The Morgan fingerprint density at radius 3 is 2.78 bits per heavy atom. The quantitative estimate of drug-likeness (QED) is 0.863. The third kappa shape index (κ3) is 2.41. The van der Waals surface area contributed by atoms with Gasteiger partial charge in [0.15, 0.2) is 5.58 Å². The smallest absolute Gasteiger partial charge is 0.408 e. The number of anilines is 1. The van der Waals surface area contributed by atoms with E-state index >= 15 is 0 Å². The second-order valence-electron chi connectivity index (χ2n) is 5.10. The largest absolute Gasteiger partial charge is 0.419 e. The summed E-state index contributed by atoms with van der Waals surface area (Å²) in [6, 6.07) is 5.68. The lowest BCUT2D eigenvalue weighted by atomic mass is 10.1. The van der Waals surface area contributed by atoms with Gasteiger partial charge in [0.05, 0.1) is 5.52 Å². The van der Waals surface area contributed by atoms with Crippen molar-refractivity contribution in [3.8, 4) is 0 Å². The number of aryl methyl sites for hydroxylation is 1. The van der Waals surface area contributed by atoms with E-state index in [1.807, 2.05) is 25.2 Å². The fourth-order valence-electron chi connectivity index (χ4n) is 1.66. The zero-order chi connectivity index (χ0) is 13.3. The van der Waals surface area contributed by atoms with Gasteiger partial charge in [0.25, 0.3) is 0 Å². The van der Waals surface area contributed by atoms with Gasteiger partial charge in [0.1, 0.15) is 0 Å². The number of fused-ring (bicyclic) bond motifs is 1. The van der Waals surface area contributed by atoms with Crippen LogP contribution in [0.25, 0.3) is 11.1 Å². The molecule has 5 nitrogen and oxygen atoms in total. The zero-order valence-corrected chi connectivity index (χ0v) is 11.2. The molecule has 18 heavy (non-hydrogen) atoms. The first-order valence-electron chi connectivity index (χ1n) is 5.95. The van der Waals surface area contributed by atoms with Crippen molar-refractivity contribution in [2.45, 2.75) is 19.4 Å². The minimum Gasteiger partial charge on any atom is -0.408 e. The van der Waals surface area contributed by atoms with E-state index in [0.717, 1.165) is 17.7 Å². The Morgan fingerprint density at radius 2 is 2.11 bits per heavy atom. The minimum absolute atomic E-state index is 0.00643. The number of aromatic nitrogens is 1. The first-order valence-corrected chi connectivity index (χ1v) is 5.95. The van der Waals surface area contributed by atoms with Crippen LogP contribution in [0.4, 0.5) is 5.69 Å². The predicted molar refractivity (Wildman–Crippen MR) is 73.1 cm³/mol. The summed E-state index contributed by atoms with van der Waals surface area (Å²) >= 11 is 0. The molecule has 0 unspecified atom stereocenters. The first-order chi connectivity index (χ1) is 8.43. The van der Waals surface area contributed by atoms with E-state index in [2.05, 4.69) is 24.5 Å². The van der Waals surface area contributed by atoms with Crippen LogP contribution in [0.2, 0.25) is 0 Å². The van der Waals surface area contributed by atoms with Crippen molar-refractivity contribution in [3.05, 3.63) is 28.7 Å². The molecule has 0 aliphatic carbocycles. The Kier molecular flexibility index (Phi) is 3.17. The number of nitrogens with one attached hydrogen (secondary N) is 2. The Balaban J connectivity index is 2.23. The molecule has 0 bridgehead atoms. The SMILES string of the molecule is CNC(C)(C)CNc1ccc2c(c1)oc(=O)n2C. The van der Waals surface area contributed by atoms with Gasteiger partial charge in [-0.05, 0) is 33.0 Å².